The number of thiocyanates is 1. The van der Waals surface area contributed by atoms with E-state index in [1.165, 1.54) is 11.9 Å². The molecule has 1 unspecified atom stereocenters. The predicted octanol–water partition coefficient (Wildman–Crippen LogP) is 2.65. The average molecular weight is 244 g/mol. The van der Waals surface area contributed by atoms with Crippen LogP contribution in [0.3, 0.4) is 0 Å². The lowest BCUT2D eigenvalue weighted by molar-refractivity contribution is 0.503. The fraction of sp³-hybridized carbons (Fsp3) is 0.250. The zero-order valence-electron chi connectivity index (χ0n) is 9.45. The minimum atomic E-state index is 0.343. The third kappa shape index (κ3) is 2.86. The van der Waals surface area contributed by atoms with Gasteiger partial charge in [0.25, 0.3) is 0 Å². The van der Waals surface area contributed by atoms with Gasteiger partial charge in [-0.15, -0.1) is 0 Å². The van der Waals surface area contributed by atoms with Crippen molar-refractivity contribution in [2.45, 2.75) is 24.5 Å². The van der Waals surface area contributed by atoms with Crippen molar-refractivity contribution < 1.29 is 0 Å². The van der Waals surface area contributed by atoms with Crippen LogP contribution >= 0.6 is 11.8 Å². The van der Waals surface area contributed by atoms with Crippen LogP contribution in [0.1, 0.15) is 18.4 Å². The SMILES string of the molecule is CC(Cn1ncnc1SC#N)c1ccccc1. The Kier molecular flexibility index (Phi) is 3.78. The van der Waals surface area contributed by atoms with E-state index in [-0.39, 0.29) is 0 Å². The number of hydrogen-bond donors (Lipinski definition) is 0. The van der Waals surface area contributed by atoms with E-state index in [4.69, 9.17) is 5.26 Å². The Balaban J connectivity index is 2.11. The zero-order valence-corrected chi connectivity index (χ0v) is 10.3. The standard InChI is InChI=1S/C12H12N4S/c1-10(11-5-3-2-4-6-11)7-16-12(17-8-13)14-9-15-16/h2-6,9-10H,7H2,1H3. The van der Waals surface area contributed by atoms with Crippen LogP contribution in [0.25, 0.3) is 0 Å². The molecule has 0 radical (unpaired) electrons. The maximum atomic E-state index is 8.65. The fourth-order valence-corrected chi connectivity index (χ4v) is 2.05. The average Bonchev–Trinajstić information content (AvgIpc) is 2.78. The molecular formula is C12H12N4S. The first-order valence-corrected chi connectivity index (χ1v) is 6.11. The molecule has 5 heteroatoms. The molecule has 86 valence electrons. The molecule has 2 rings (SSSR count). The molecule has 0 amide bonds. The summed E-state index contributed by atoms with van der Waals surface area (Å²) < 4.78 is 1.77. The Morgan fingerprint density at radius 1 is 1.41 bits per heavy atom. The van der Waals surface area contributed by atoms with Gasteiger partial charge < -0.3 is 0 Å². The second kappa shape index (κ2) is 5.51. The zero-order chi connectivity index (χ0) is 12.1. The van der Waals surface area contributed by atoms with Gasteiger partial charge in [0.05, 0.1) is 6.54 Å². The Morgan fingerprint density at radius 3 is 2.88 bits per heavy atom. The molecule has 0 aliphatic heterocycles. The number of benzene rings is 1. The molecule has 0 aliphatic carbocycles. The number of nitriles is 1. The first-order valence-electron chi connectivity index (χ1n) is 5.30. The van der Waals surface area contributed by atoms with Crippen molar-refractivity contribution in [1.82, 2.24) is 14.8 Å². The van der Waals surface area contributed by atoms with E-state index in [9.17, 15) is 0 Å². The maximum Gasteiger partial charge on any atom is 0.200 e. The van der Waals surface area contributed by atoms with Gasteiger partial charge in [0, 0.05) is 17.7 Å². The highest BCUT2D eigenvalue weighted by molar-refractivity contribution is 8.03. The summed E-state index contributed by atoms with van der Waals surface area (Å²) in [4.78, 5) is 4.04. The van der Waals surface area contributed by atoms with E-state index in [1.807, 2.05) is 23.6 Å². The van der Waals surface area contributed by atoms with Crippen LogP contribution in [-0.2, 0) is 6.54 Å². The van der Waals surface area contributed by atoms with Gasteiger partial charge in [-0.3, -0.25) is 0 Å². The van der Waals surface area contributed by atoms with Gasteiger partial charge >= 0.3 is 0 Å². The highest BCUT2D eigenvalue weighted by atomic mass is 32.2. The summed E-state index contributed by atoms with van der Waals surface area (Å²) in [6.45, 7) is 2.87. The van der Waals surface area contributed by atoms with Crippen molar-refractivity contribution >= 4 is 11.8 Å². The van der Waals surface area contributed by atoms with E-state index in [0.717, 1.165) is 18.3 Å². The normalized spacial score (nSPS) is 12.0. The van der Waals surface area contributed by atoms with Gasteiger partial charge in [0.1, 0.15) is 11.7 Å². The molecule has 1 atom stereocenters. The largest absolute Gasteiger partial charge is 0.239 e. The van der Waals surface area contributed by atoms with Crippen LogP contribution in [0, 0.1) is 10.7 Å². The Hall–Kier alpha value is -1.80. The minimum Gasteiger partial charge on any atom is -0.239 e. The van der Waals surface area contributed by atoms with Gasteiger partial charge in [0.15, 0.2) is 0 Å². The number of nitrogens with zero attached hydrogens (tertiary/aromatic N) is 4. The van der Waals surface area contributed by atoms with Crippen molar-refractivity contribution in [3.63, 3.8) is 0 Å². The molecule has 0 saturated carbocycles. The molecular weight excluding hydrogens is 232 g/mol. The molecule has 1 aromatic heterocycles. The quantitative estimate of drug-likeness (QED) is 0.613. The van der Waals surface area contributed by atoms with Crippen molar-refractivity contribution in [2.75, 3.05) is 0 Å². The highest BCUT2D eigenvalue weighted by Crippen LogP contribution is 2.19. The van der Waals surface area contributed by atoms with Crippen molar-refractivity contribution in [1.29, 1.82) is 5.26 Å². The second-order valence-electron chi connectivity index (χ2n) is 3.73. The highest BCUT2D eigenvalue weighted by Gasteiger charge is 2.10. The monoisotopic (exact) mass is 244 g/mol. The molecule has 0 N–H and O–H groups in total. The fourth-order valence-electron chi connectivity index (χ4n) is 1.65. The molecule has 2 aromatic rings. The number of hydrogen-bond acceptors (Lipinski definition) is 4. The summed E-state index contributed by atoms with van der Waals surface area (Å²) >= 11 is 1.04. The van der Waals surface area contributed by atoms with Crippen molar-refractivity contribution in [3.8, 4) is 5.40 Å². The molecule has 1 aromatic carbocycles. The Bertz CT molecular complexity index is 515. The van der Waals surface area contributed by atoms with Gasteiger partial charge in [-0.2, -0.15) is 10.4 Å². The molecule has 0 spiro atoms. The second-order valence-corrected chi connectivity index (χ2v) is 4.48. The first-order chi connectivity index (χ1) is 8.31. The first kappa shape index (κ1) is 11.7. The van der Waals surface area contributed by atoms with Crippen molar-refractivity contribution in [2.24, 2.45) is 0 Å². The van der Waals surface area contributed by atoms with Crippen LogP contribution in [0.5, 0.6) is 0 Å². The summed E-state index contributed by atoms with van der Waals surface area (Å²) in [5.41, 5.74) is 1.26. The van der Waals surface area contributed by atoms with E-state index < -0.39 is 0 Å². The molecule has 0 aliphatic rings. The van der Waals surface area contributed by atoms with Gasteiger partial charge in [0.2, 0.25) is 5.16 Å². The predicted molar refractivity (Wildman–Crippen MR) is 66.3 cm³/mol. The summed E-state index contributed by atoms with van der Waals surface area (Å²) in [6.07, 6.45) is 1.48. The Labute approximate surface area is 104 Å². The van der Waals surface area contributed by atoms with E-state index >= 15 is 0 Å². The number of rotatable bonds is 4. The number of aromatic nitrogens is 3. The topological polar surface area (TPSA) is 54.5 Å². The van der Waals surface area contributed by atoms with E-state index in [1.54, 1.807) is 4.68 Å². The van der Waals surface area contributed by atoms with Crippen LogP contribution < -0.4 is 0 Å². The third-order valence-corrected chi connectivity index (χ3v) is 3.12. The molecule has 1 heterocycles. The maximum absolute atomic E-state index is 8.65. The van der Waals surface area contributed by atoms with Crippen LogP contribution in [-0.4, -0.2) is 14.8 Å². The van der Waals surface area contributed by atoms with Crippen LogP contribution in [0.4, 0.5) is 0 Å². The smallest absolute Gasteiger partial charge is 0.200 e. The van der Waals surface area contributed by atoms with Gasteiger partial charge in [-0.1, -0.05) is 37.3 Å². The molecule has 0 bridgehead atoms. The molecule has 0 fully saturated rings. The van der Waals surface area contributed by atoms with E-state index in [2.05, 4.69) is 29.1 Å². The lowest BCUT2D eigenvalue weighted by Crippen LogP contribution is -2.08. The summed E-state index contributed by atoms with van der Waals surface area (Å²) in [6, 6.07) is 10.2. The molecule has 0 saturated heterocycles. The summed E-state index contributed by atoms with van der Waals surface area (Å²) in [5, 5.41) is 15.4. The Morgan fingerprint density at radius 2 is 2.18 bits per heavy atom. The third-order valence-electron chi connectivity index (χ3n) is 2.53. The lowest BCUT2D eigenvalue weighted by atomic mass is 10.0. The summed E-state index contributed by atoms with van der Waals surface area (Å²) in [7, 11) is 0. The van der Waals surface area contributed by atoms with Crippen molar-refractivity contribution in [3.05, 3.63) is 42.2 Å². The van der Waals surface area contributed by atoms with Gasteiger partial charge in [-0.25, -0.2) is 9.67 Å². The molecule has 4 nitrogen and oxygen atoms in total. The van der Waals surface area contributed by atoms with Gasteiger partial charge in [-0.05, 0) is 5.56 Å². The summed E-state index contributed by atoms with van der Waals surface area (Å²) in [5.74, 6) is 0.343. The van der Waals surface area contributed by atoms with Crippen LogP contribution in [0.2, 0.25) is 0 Å². The molecule has 17 heavy (non-hydrogen) atoms. The minimum absolute atomic E-state index is 0.343. The van der Waals surface area contributed by atoms with E-state index in [0.29, 0.717) is 11.1 Å². The lowest BCUT2D eigenvalue weighted by Gasteiger charge is -2.12. The number of thioether (sulfide) groups is 1. The van der Waals surface area contributed by atoms with Crippen LogP contribution in [0.15, 0.2) is 41.8 Å².